The summed E-state index contributed by atoms with van der Waals surface area (Å²) >= 11 is 0. The van der Waals surface area contributed by atoms with E-state index in [2.05, 4.69) is 15.5 Å². The summed E-state index contributed by atoms with van der Waals surface area (Å²) in [6, 6.07) is 9.80. The number of amides is 2. The fraction of sp³-hybridized carbons (Fsp3) is 0.450. The van der Waals surface area contributed by atoms with E-state index in [4.69, 9.17) is 4.42 Å². The van der Waals surface area contributed by atoms with Crippen LogP contribution in [0.15, 0.2) is 41.0 Å². The highest BCUT2D eigenvalue weighted by Gasteiger charge is 2.25. The van der Waals surface area contributed by atoms with Crippen molar-refractivity contribution in [3.05, 3.63) is 53.5 Å². The minimum Gasteiger partial charge on any atom is -0.468 e. The van der Waals surface area contributed by atoms with Gasteiger partial charge in [-0.25, -0.2) is 4.79 Å². The highest BCUT2D eigenvalue weighted by molar-refractivity contribution is 5.91. The third-order valence-corrected chi connectivity index (χ3v) is 4.88. The number of rotatable bonds is 5. The Balaban J connectivity index is 1.63. The molecule has 1 aliphatic heterocycles. The molecule has 2 N–H and O–H groups in total. The topological polar surface area (TPSA) is 57.5 Å². The van der Waals surface area contributed by atoms with Gasteiger partial charge in [0.25, 0.3) is 0 Å². The fourth-order valence-electron chi connectivity index (χ4n) is 3.48. The lowest BCUT2D eigenvalue weighted by Gasteiger charge is -2.33. The van der Waals surface area contributed by atoms with E-state index < -0.39 is 0 Å². The number of nitrogens with one attached hydrogen (secondary N) is 2. The van der Waals surface area contributed by atoms with Crippen molar-refractivity contribution in [2.24, 2.45) is 0 Å². The van der Waals surface area contributed by atoms with Crippen LogP contribution in [-0.4, -0.2) is 30.6 Å². The van der Waals surface area contributed by atoms with Crippen molar-refractivity contribution in [2.45, 2.75) is 39.2 Å². The maximum Gasteiger partial charge on any atom is 0.319 e. The van der Waals surface area contributed by atoms with E-state index in [1.54, 1.807) is 6.26 Å². The lowest BCUT2D eigenvalue weighted by atomic mass is 10.1. The molecule has 0 spiro atoms. The molecule has 1 unspecified atom stereocenters. The van der Waals surface area contributed by atoms with Gasteiger partial charge in [0.05, 0.1) is 12.3 Å². The van der Waals surface area contributed by atoms with Crippen LogP contribution in [0.5, 0.6) is 0 Å². The van der Waals surface area contributed by atoms with Crippen LogP contribution in [-0.2, 0) is 0 Å². The van der Waals surface area contributed by atoms with Crippen molar-refractivity contribution in [1.82, 2.24) is 10.2 Å². The van der Waals surface area contributed by atoms with Crippen LogP contribution in [0, 0.1) is 13.8 Å². The number of furan rings is 1. The highest BCUT2D eigenvalue weighted by atomic mass is 16.3. The molecule has 5 nitrogen and oxygen atoms in total. The Bertz CT molecular complexity index is 671. The molecule has 1 aliphatic rings. The van der Waals surface area contributed by atoms with Crippen LogP contribution in [0.3, 0.4) is 0 Å². The molecule has 1 aromatic carbocycles. The van der Waals surface area contributed by atoms with Gasteiger partial charge in [0, 0.05) is 12.2 Å². The second kappa shape index (κ2) is 8.21. The molecule has 0 aliphatic carbocycles. The standard InChI is InChI=1S/C20H27N3O2/c1-15-8-6-9-16(2)19(15)22-20(24)21-14-17(18-10-7-13-25-18)23-11-4-3-5-12-23/h6-10,13,17H,3-5,11-12,14H2,1-2H3,(H2,21,22,24). The molecule has 134 valence electrons. The molecule has 0 bridgehead atoms. The third kappa shape index (κ3) is 4.42. The van der Waals surface area contributed by atoms with Crippen molar-refractivity contribution < 1.29 is 9.21 Å². The minimum absolute atomic E-state index is 0.0824. The summed E-state index contributed by atoms with van der Waals surface area (Å²) in [4.78, 5) is 14.8. The Morgan fingerprint density at radius 1 is 1.12 bits per heavy atom. The Morgan fingerprint density at radius 2 is 1.84 bits per heavy atom. The molecule has 0 radical (unpaired) electrons. The molecule has 3 rings (SSSR count). The number of benzene rings is 1. The molecule has 1 fully saturated rings. The van der Waals surface area contributed by atoms with Gasteiger partial charge >= 0.3 is 6.03 Å². The number of likely N-dealkylation sites (tertiary alicyclic amines) is 1. The number of urea groups is 1. The lowest BCUT2D eigenvalue weighted by Crippen LogP contribution is -2.41. The number of aryl methyl sites for hydroxylation is 2. The first-order valence-electron chi connectivity index (χ1n) is 9.03. The molecule has 25 heavy (non-hydrogen) atoms. The predicted octanol–water partition coefficient (Wildman–Crippen LogP) is 4.25. The quantitative estimate of drug-likeness (QED) is 0.855. The Morgan fingerprint density at radius 3 is 2.48 bits per heavy atom. The number of para-hydroxylation sites is 1. The van der Waals surface area contributed by atoms with E-state index in [1.807, 2.05) is 44.2 Å². The molecule has 0 saturated carbocycles. The SMILES string of the molecule is Cc1cccc(C)c1NC(=O)NCC(c1ccco1)N1CCCCC1. The van der Waals surface area contributed by atoms with E-state index >= 15 is 0 Å². The molecule has 1 saturated heterocycles. The van der Waals surface area contributed by atoms with Crippen molar-refractivity contribution >= 4 is 11.7 Å². The Kier molecular flexibility index (Phi) is 5.76. The van der Waals surface area contributed by atoms with Gasteiger partial charge in [0.1, 0.15) is 5.76 Å². The van der Waals surface area contributed by atoms with Gasteiger partial charge in [-0.15, -0.1) is 0 Å². The van der Waals surface area contributed by atoms with Gasteiger partial charge in [0.15, 0.2) is 0 Å². The Hall–Kier alpha value is -2.27. The number of hydrogen-bond acceptors (Lipinski definition) is 3. The van der Waals surface area contributed by atoms with Gasteiger partial charge in [-0.3, -0.25) is 4.90 Å². The molecular weight excluding hydrogens is 314 g/mol. The van der Waals surface area contributed by atoms with Crippen LogP contribution in [0.2, 0.25) is 0 Å². The second-order valence-corrected chi connectivity index (χ2v) is 6.73. The van der Waals surface area contributed by atoms with Crippen LogP contribution >= 0.6 is 0 Å². The number of anilines is 1. The van der Waals surface area contributed by atoms with Crippen molar-refractivity contribution in [1.29, 1.82) is 0 Å². The zero-order valence-electron chi connectivity index (χ0n) is 15.0. The number of carbonyl (C=O) groups excluding carboxylic acids is 1. The second-order valence-electron chi connectivity index (χ2n) is 6.73. The first-order chi connectivity index (χ1) is 12.1. The van der Waals surface area contributed by atoms with Crippen molar-refractivity contribution in [3.8, 4) is 0 Å². The van der Waals surface area contributed by atoms with Gasteiger partial charge in [0.2, 0.25) is 0 Å². The third-order valence-electron chi connectivity index (χ3n) is 4.88. The van der Waals surface area contributed by atoms with E-state index in [-0.39, 0.29) is 12.1 Å². The number of hydrogen-bond donors (Lipinski definition) is 2. The number of nitrogens with zero attached hydrogens (tertiary/aromatic N) is 1. The van der Waals surface area contributed by atoms with E-state index in [0.717, 1.165) is 35.7 Å². The monoisotopic (exact) mass is 341 g/mol. The minimum atomic E-state index is -0.175. The fourth-order valence-corrected chi connectivity index (χ4v) is 3.48. The summed E-state index contributed by atoms with van der Waals surface area (Å²) in [5.41, 5.74) is 3.01. The molecule has 1 atom stereocenters. The molecular formula is C20H27N3O2. The molecule has 2 amide bonds. The van der Waals surface area contributed by atoms with Gasteiger partial charge in [-0.05, 0) is 63.0 Å². The number of piperidine rings is 1. The highest BCUT2D eigenvalue weighted by Crippen LogP contribution is 2.25. The average Bonchev–Trinajstić information content (AvgIpc) is 3.14. The van der Waals surface area contributed by atoms with Crippen LogP contribution in [0.25, 0.3) is 0 Å². The van der Waals surface area contributed by atoms with E-state index in [0.29, 0.717) is 6.54 Å². The van der Waals surface area contributed by atoms with Crippen LogP contribution in [0.4, 0.5) is 10.5 Å². The van der Waals surface area contributed by atoms with Crippen LogP contribution in [0.1, 0.15) is 42.2 Å². The lowest BCUT2D eigenvalue weighted by molar-refractivity contribution is 0.144. The van der Waals surface area contributed by atoms with E-state index in [9.17, 15) is 4.79 Å². The molecule has 1 aromatic heterocycles. The van der Waals surface area contributed by atoms with Gasteiger partial charge < -0.3 is 15.1 Å². The first-order valence-corrected chi connectivity index (χ1v) is 9.03. The van der Waals surface area contributed by atoms with Gasteiger partial charge in [-0.2, -0.15) is 0 Å². The average molecular weight is 341 g/mol. The number of carbonyl (C=O) groups is 1. The van der Waals surface area contributed by atoms with Crippen molar-refractivity contribution in [3.63, 3.8) is 0 Å². The van der Waals surface area contributed by atoms with Crippen LogP contribution < -0.4 is 10.6 Å². The molecule has 2 aromatic rings. The normalized spacial score (nSPS) is 16.4. The summed E-state index contributed by atoms with van der Waals surface area (Å²) in [6.45, 7) is 6.63. The zero-order valence-corrected chi connectivity index (χ0v) is 15.0. The summed E-state index contributed by atoms with van der Waals surface area (Å²) < 4.78 is 5.62. The maximum atomic E-state index is 12.4. The predicted molar refractivity (Wildman–Crippen MR) is 99.8 cm³/mol. The first kappa shape index (κ1) is 17.5. The molecule has 5 heteroatoms. The smallest absolute Gasteiger partial charge is 0.319 e. The van der Waals surface area contributed by atoms with Gasteiger partial charge in [-0.1, -0.05) is 24.6 Å². The Labute approximate surface area is 149 Å². The maximum absolute atomic E-state index is 12.4. The molecule has 2 heterocycles. The summed E-state index contributed by atoms with van der Waals surface area (Å²) in [5.74, 6) is 0.911. The summed E-state index contributed by atoms with van der Waals surface area (Å²) in [7, 11) is 0. The summed E-state index contributed by atoms with van der Waals surface area (Å²) in [5, 5.41) is 6.00. The largest absolute Gasteiger partial charge is 0.468 e. The van der Waals surface area contributed by atoms with E-state index in [1.165, 1.54) is 19.3 Å². The summed E-state index contributed by atoms with van der Waals surface area (Å²) in [6.07, 6.45) is 5.38. The van der Waals surface area contributed by atoms with Crippen molar-refractivity contribution in [2.75, 3.05) is 25.0 Å². The zero-order chi connectivity index (χ0) is 17.6.